The predicted octanol–water partition coefficient (Wildman–Crippen LogP) is 4.06. The molecule has 0 aliphatic carbocycles. The van der Waals surface area contributed by atoms with Crippen molar-refractivity contribution in [1.29, 1.82) is 0 Å². The molecule has 0 saturated carbocycles. The third kappa shape index (κ3) is 4.14. The van der Waals surface area contributed by atoms with Crippen LogP contribution in [0.4, 0.5) is 0 Å². The molecule has 3 aromatic rings. The first-order valence-electron chi connectivity index (χ1n) is 7.31. The lowest BCUT2D eigenvalue weighted by atomic mass is 10.0. The van der Waals surface area contributed by atoms with Gasteiger partial charge in [-0.1, -0.05) is 42.5 Å². The second kappa shape index (κ2) is 7.51. The van der Waals surface area contributed by atoms with Crippen LogP contribution in [0.25, 0.3) is 6.08 Å². The smallest absolute Gasteiger partial charge is 0.244 e. The summed E-state index contributed by atoms with van der Waals surface area (Å²) in [4.78, 5) is 17.7. The van der Waals surface area contributed by atoms with Gasteiger partial charge in [0.15, 0.2) is 0 Å². The van der Waals surface area contributed by atoms with Crippen LogP contribution in [0.15, 0.2) is 78.3 Å². The minimum atomic E-state index is -0.266. The van der Waals surface area contributed by atoms with Gasteiger partial charge >= 0.3 is 0 Å². The van der Waals surface area contributed by atoms with E-state index in [2.05, 4.69) is 10.3 Å². The number of nitrogens with one attached hydrogen (secondary N) is 1. The molecule has 1 aromatic carbocycles. The van der Waals surface area contributed by atoms with Crippen molar-refractivity contribution in [2.24, 2.45) is 0 Å². The number of pyridine rings is 1. The van der Waals surface area contributed by atoms with Crippen molar-refractivity contribution in [3.8, 4) is 0 Å². The lowest BCUT2D eigenvalue weighted by molar-refractivity contribution is -0.116. The zero-order valence-electron chi connectivity index (χ0n) is 12.4. The summed E-state index contributed by atoms with van der Waals surface area (Å²) in [5.41, 5.74) is 1.82. The largest absolute Gasteiger partial charge is 0.340 e. The van der Waals surface area contributed by atoms with Crippen molar-refractivity contribution in [3.05, 3.63) is 94.5 Å². The van der Waals surface area contributed by atoms with E-state index >= 15 is 0 Å². The van der Waals surface area contributed by atoms with E-state index in [-0.39, 0.29) is 11.9 Å². The van der Waals surface area contributed by atoms with Gasteiger partial charge in [0, 0.05) is 17.2 Å². The highest BCUT2D eigenvalue weighted by Crippen LogP contribution is 2.20. The fraction of sp³-hybridized carbons (Fsp3) is 0.0526. The molecule has 2 aromatic heterocycles. The Morgan fingerprint density at radius 3 is 2.57 bits per heavy atom. The summed E-state index contributed by atoms with van der Waals surface area (Å²) in [6.07, 6.45) is 5.12. The lowest BCUT2D eigenvalue weighted by Crippen LogP contribution is -2.28. The van der Waals surface area contributed by atoms with Gasteiger partial charge in [0.05, 0.1) is 11.7 Å². The average molecular weight is 320 g/mol. The topological polar surface area (TPSA) is 42.0 Å². The Labute approximate surface area is 139 Å². The van der Waals surface area contributed by atoms with Crippen LogP contribution in [0.3, 0.4) is 0 Å². The molecule has 0 fully saturated rings. The molecule has 4 heteroatoms. The second-order valence-electron chi connectivity index (χ2n) is 4.96. The molecule has 1 amide bonds. The van der Waals surface area contributed by atoms with Crippen molar-refractivity contribution in [3.63, 3.8) is 0 Å². The van der Waals surface area contributed by atoms with Gasteiger partial charge in [0.1, 0.15) is 0 Å². The van der Waals surface area contributed by atoms with Crippen LogP contribution >= 0.6 is 11.3 Å². The van der Waals surface area contributed by atoms with Crippen LogP contribution < -0.4 is 5.32 Å². The molecule has 0 radical (unpaired) electrons. The number of nitrogens with zero attached hydrogens (tertiary/aromatic N) is 1. The Morgan fingerprint density at radius 1 is 1.04 bits per heavy atom. The maximum atomic E-state index is 12.3. The highest BCUT2D eigenvalue weighted by Gasteiger charge is 2.16. The Balaban J connectivity index is 1.80. The molecule has 0 spiro atoms. The lowest BCUT2D eigenvalue weighted by Gasteiger charge is -2.17. The van der Waals surface area contributed by atoms with Gasteiger partial charge in [-0.05, 0) is 35.2 Å². The first-order chi connectivity index (χ1) is 11.3. The monoisotopic (exact) mass is 320 g/mol. The minimum absolute atomic E-state index is 0.141. The molecule has 0 aliphatic heterocycles. The summed E-state index contributed by atoms with van der Waals surface area (Å²) in [6.45, 7) is 0. The van der Waals surface area contributed by atoms with Crippen LogP contribution in [0, 0.1) is 0 Å². The molecule has 23 heavy (non-hydrogen) atoms. The Morgan fingerprint density at radius 2 is 1.87 bits per heavy atom. The summed E-state index contributed by atoms with van der Waals surface area (Å²) >= 11 is 1.60. The zero-order chi connectivity index (χ0) is 15.9. The van der Waals surface area contributed by atoms with E-state index in [0.29, 0.717) is 0 Å². The quantitative estimate of drug-likeness (QED) is 0.720. The number of rotatable bonds is 5. The number of amides is 1. The average Bonchev–Trinajstić information content (AvgIpc) is 3.13. The Kier molecular flexibility index (Phi) is 4.96. The van der Waals surface area contributed by atoms with Crippen molar-refractivity contribution in [2.75, 3.05) is 0 Å². The van der Waals surface area contributed by atoms with E-state index in [1.54, 1.807) is 23.6 Å². The summed E-state index contributed by atoms with van der Waals surface area (Å²) in [5.74, 6) is -0.141. The number of hydrogen-bond acceptors (Lipinski definition) is 3. The molecule has 1 unspecified atom stereocenters. The molecule has 2 heterocycles. The van der Waals surface area contributed by atoms with E-state index in [9.17, 15) is 4.79 Å². The molecule has 0 saturated heterocycles. The Bertz CT molecular complexity index is 728. The number of carbonyl (C=O) groups is 1. The first-order valence-corrected chi connectivity index (χ1v) is 8.19. The van der Waals surface area contributed by atoms with Gasteiger partial charge in [0.25, 0.3) is 0 Å². The molecule has 0 aliphatic rings. The molecule has 0 bridgehead atoms. The first kappa shape index (κ1) is 15.2. The van der Waals surface area contributed by atoms with Crippen molar-refractivity contribution < 1.29 is 4.79 Å². The van der Waals surface area contributed by atoms with E-state index in [4.69, 9.17) is 0 Å². The van der Waals surface area contributed by atoms with E-state index in [1.807, 2.05) is 72.1 Å². The maximum absolute atomic E-state index is 12.3. The van der Waals surface area contributed by atoms with Crippen molar-refractivity contribution >= 4 is 23.3 Å². The molecule has 3 nitrogen and oxygen atoms in total. The van der Waals surface area contributed by atoms with Crippen LogP contribution in [0.1, 0.15) is 22.2 Å². The highest BCUT2D eigenvalue weighted by molar-refractivity contribution is 7.10. The van der Waals surface area contributed by atoms with Gasteiger partial charge in [-0.2, -0.15) is 0 Å². The number of aromatic nitrogens is 1. The number of carbonyl (C=O) groups excluding carboxylic acids is 1. The third-order valence-corrected chi connectivity index (χ3v) is 4.18. The van der Waals surface area contributed by atoms with Crippen LogP contribution in [0.5, 0.6) is 0 Å². The van der Waals surface area contributed by atoms with Gasteiger partial charge in [-0.25, -0.2) is 0 Å². The molecule has 1 N–H and O–H groups in total. The normalized spacial score (nSPS) is 12.2. The van der Waals surface area contributed by atoms with E-state index in [0.717, 1.165) is 16.1 Å². The molecule has 3 rings (SSSR count). The summed E-state index contributed by atoms with van der Waals surface area (Å²) in [7, 11) is 0. The fourth-order valence-corrected chi connectivity index (χ4v) is 2.87. The molecule has 114 valence electrons. The second-order valence-corrected chi connectivity index (χ2v) is 5.93. The predicted molar refractivity (Wildman–Crippen MR) is 94.0 cm³/mol. The van der Waals surface area contributed by atoms with E-state index in [1.165, 1.54) is 0 Å². The van der Waals surface area contributed by atoms with Crippen LogP contribution in [-0.4, -0.2) is 10.9 Å². The minimum Gasteiger partial charge on any atom is -0.340 e. The summed E-state index contributed by atoms with van der Waals surface area (Å²) in [6, 6.07) is 19.2. The molecule has 1 atom stereocenters. The molecular formula is C19H16N2OS. The zero-order valence-corrected chi connectivity index (χ0v) is 13.2. The van der Waals surface area contributed by atoms with Crippen LogP contribution in [-0.2, 0) is 4.79 Å². The van der Waals surface area contributed by atoms with Gasteiger partial charge in [-0.15, -0.1) is 11.3 Å². The van der Waals surface area contributed by atoms with Gasteiger partial charge < -0.3 is 5.32 Å². The maximum Gasteiger partial charge on any atom is 0.244 e. The van der Waals surface area contributed by atoms with E-state index < -0.39 is 0 Å². The Hall–Kier alpha value is -2.72. The standard InChI is InChI=1S/C19H16N2OS/c22-18(12-11-16-9-6-14-23-16)21-19(15-7-2-1-3-8-15)17-10-4-5-13-20-17/h1-14,19H,(H,21,22)/b12-11+. The van der Waals surface area contributed by atoms with Gasteiger partial charge in [-0.3, -0.25) is 9.78 Å². The number of benzene rings is 1. The number of hydrogen-bond donors (Lipinski definition) is 1. The van der Waals surface area contributed by atoms with Crippen LogP contribution in [0.2, 0.25) is 0 Å². The van der Waals surface area contributed by atoms with Crippen molar-refractivity contribution in [2.45, 2.75) is 6.04 Å². The third-order valence-electron chi connectivity index (χ3n) is 3.35. The van der Waals surface area contributed by atoms with Gasteiger partial charge in [0.2, 0.25) is 5.91 Å². The highest BCUT2D eigenvalue weighted by atomic mass is 32.1. The molecular weight excluding hydrogens is 304 g/mol. The summed E-state index contributed by atoms with van der Waals surface area (Å²) < 4.78 is 0. The van der Waals surface area contributed by atoms with Crippen molar-refractivity contribution in [1.82, 2.24) is 10.3 Å². The fourth-order valence-electron chi connectivity index (χ4n) is 2.25. The summed E-state index contributed by atoms with van der Waals surface area (Å²) in [5, 5.41) is 5.01. The number of thiophene rings is 1. The SMILES string of the molecule is O=C(/C=C/c1cccs1)NC(c1ccccc1)c1ccccn1.